The minimum atomic E-state index is -4.73. The summed E-state index contributed by atoms with van der Waals surface area (Å²) in [6.45, 7) is 1.49. The Morgan fingerprint density at radius 3 is 2.55 bits per heavy atom. The number of hydrogen-bond donors (Lipinski definition) is 1. The number of β-amino-alcohol motifs (C(OH)–C–C–N with tert-alkyl or cyclic N) is 1. The van der Waals surface area contributed by atoms with Crippen molar-refractivity contribution in [3.63, 3.8) is 0 Å². The largest absolute Gasteiger partial charge is 0.573 e. The monoisotopic (exact) mass is 411 g/mol. The first-order valence-corrected chi connectivity index (χ1v) is 9.99. The maximum absolute atomic E-state index is 12.3. The van der Waals surface area contributed by atoms with Crippen LogP contribution >= 0.6 is 0 Å². The van der Waals surface area contributed by atoms with Gasteiger partial charge in [-0.1, -0.05) is 24.4 Å². The van der Waals surface area contributed by atoms with Crippen LogP contribution in [0.3, 0.4) is 0 Å². The summed E-state index contributed by atoms with van der Waals surface area (Å²) in [7, 11) is 0. The maximum Gasteiger partial charge on any atom is 0.573 e. The molecule has 0 radical (unpaired) electrons. The molecule has 1 aliphatic carbocycles. The Morgan fingerprint density at radius 1 is 1.14 bits per heavy atom. The Balaban J connectivity index is 1.45. The fourth-order valence-corrected chi connectivity index (χ4v) is 4.33. The van der Waals surface area contributed by atoms with E-state index < -0.39 is 12.5 Å². The molecule has 9 heteroatoms. The Kier molecular flexibility index (Phi) is 5.78. The normalized spacial score (nSPS) is 24.1. The summed E-state index contributed by atoms with van der Waals surface area (Å²) in [5, 5.41) is 14.2. The number of aromatic nitrogens is 2. The SMILES string of the molecule is O[C@@H]1C[C@@H](c2nc(-c3ccc(OC(F)(F)F)cc3)no2)N(CC2CCCCC2)C1. The Morgan fingerprint density at radius 2 is 1.86 bits per heavy atom. The minimum Gasteiger partial charge on any atom is -0.406 e. The molecule has 158 valence electrons. The molecule has 29 heavy (non-hydrogen) atoms. The van der Waals surface area contributed by atoms with Gasteiger partial charge in [0.2, 0.25) is 11.7 Å². The smallest absolute Gasteiger partial charge is 0.406 e. The molecule has 1 aliphatic heterocycles. The lowest BCUT2D eigenvalue weighted by molar-refractivity contribution is -0.274. The zero-order valence-corrected chi connectivity index (χ0v) is 15.9. The molecule has 1 aromatic heterocycles. The third kappa shape index (κ3) is 5.08. The molecule has 1 aromatic carbocycles. The summed E-state index contributed by atoms with van der Waals surface area (Å²) in [5.41, 5.74) is 0.534. The van der Waals surface area contributed by atoms with E-state index in [9.17, 15) is 18.3 Å². The van der Waals surface area contributed by atoms with Gasteiger partial charge in [-0.25, -0.2) is 0 Å². The van der Waals surface area contributed by atoms with Crippen molar-refractivity contribution in [2.24, 2.45) is 5.92 Å². The van der Waals surface area contributed by atoms with Gasteiger partial charge in [-0.3, -0.25) is 4.90 Å². The number of aliphatic hydroxyl groups excluding tert-OH is 1. The fraction of sp³-hybridized carbons (Fsp3) is 0.600. The first-order valence-electron chi connectivity index (χ1n) is 9.99. The van der Waals surface area contributed by atoms with Crippen LogP contribution in [0.1, 0.15) is 50.5 Å². The second-order valence-electron chi connectivity index (χ2n) is 7.89. The van der Waals surface area contributed by atoms with Crippen molar-refractivity contribution in [3.8, 4) is 17.1 Å². The number of benzene rings is 1. The molecular weight excluding hydrogens is 387 g/mol. The maximum atomic E-state index is 12.3. The Hall–Kier alpha value is -2.13. The van der Waals surface area contributed by atoms with Crippen molar-refractivity contribution < 1.29 is 27.5 Å². The predicted molar refractivity (Wildman–Crippen MR) is 97.9 cm³/mol. The van der Waals surface area contributed by atoms with E-state index in [-0.39, 0.29) is 11.8 Å². The molecule has 2 atom stereocenters. The van der Waals surface area contributed by atoms with Crippen molar-refractivity contribution in [1.82, 2.24) is 15.0 Å². The highest BCUT2D eigenvalue weighted by Crippen LogP contribution is 2.35. The van der Waals surface area contributed by atoms with Gasteiger partial charge in [0.1, 0.15) is 5.75 Å². The van der Waals surface area contributed by atoms with Gasteiger partial charge in [0.15, 0.2) is 0 Å². The first-order chi connectivity index (χ1) is 13.9. The Labute approximate surface area is 166 Å². The van der Waals surface area contributed by atoms with Crippen LogP contribution in [0.4, 0.5) is 13.2 Å². The van der Waals surface area contributed by atoms with Gasteiger partial charge in [0, 0.05) is 18.7 Å². The van der Waals surface area contributed by atoms with Crippen LogP contribution in [0.25, 0.3) is 11.4 Å². The number of hydrogen-bond acceptors (Lipinski definition) is 6. The molecule has 2 aliphatic rings. The van der Waals surface area contributed by atoms with Crippen molar-refractivity contribution in [1.29, 1.82) is 0 Å². The molecule has 2 aromatic rings. The van der Waals surface area contributed by atoms with E-state index in [0.717, 1.165) is 6.54 Å². The topological polar surface area (TPSA) is 71.6 Å². The number of aliphatic hydroxyl groups is 1. The second-order valence-corrected chi connectivity index (χ2v) is 7.89. The summed E-state index contributed by atoms with van der Waals surface area (Å²) < 4.78 is 46.2. The lowest BCUT2D eigenvalue weighted by Crippen LogP contribution is -2.31. The quantitative estimate of drug-likeness (QED) is 0.790. The van der Waals surface area contributed by atoms with E-state index in [0.29, 0.717) is 36.2 Å². The van der Waals surface area contributed by atoms with E-state index in [1.54, 1.807) is 0 Å². The first kappa shape index (κ1) is 20.2. The molecule has 4 rings (SSSR count). The standard InChI is InChI=1S/C20H24F3N3O3/c21-20(22,23)28-16-8-6-14(7-9-16)18-24-19(29-25-18)17-10-15(27)12-26(17)11-13-4-2-1-3-5-13/h6-9,13,15,17,27H,1-5,10-12H2/t15-,17+/m1/s1. The van der Waals surface area contributed by atoms with Crippen LogP contribution in [0.15, 0.2) is 28.8 Å². The zero-order chi connectivity index (χ0) is 20.4. The highest BCUT2D eigenvalue weighted by atomic mass is 19.4. The molecule has 1 saturated carbocycles. The van der Waals surface area contributed by atoms with Crippen LogP contribution in [-0.4, -0.2) is 45.7 Å². The van der Waals surface area contributed by atoms with Gasteiger partial charge in [-0.2, -0.15) is 4.98 Å². The molecule has 0 amide bonds. The van der Waals surface area contributed by atoms with Gasteiger partial charge in [0.05, 0.1) is 12.1 Å². The molecule has 1 saturated heterocycles. The number of likely N-dealkylation sites (tertiary alicyclic amines) is 1. The van der Waals surface area contributed by atoms with Gasteiger partial charge in [-0.05, 0) is 49.4 Å². The summed E-state index contributed by atoms with van der Waals surface area (Å²) in [5.74, 6) is 1.06. The summed E-state index contributed by atoms with van der Waals surface area (Å²) in [4.78, 5) is 6.67. The van der Waals surface area contributed by atoms with E-state index in [1.165, 1.54) is 56.4 Å². The molecule has 0 bridgehead atoms. The number of halogens is 3. The molecule has 0 unspecified atom stereocenters. The second kappa shape index (κ2) is 8.31. The van der Waals surface area contributed by atoms with Crippen LogP contribution in [0.2, 0.25) is 0 Å². The lowest BCUT2D eigenvalue weighted by Gasteiger charge is -2.29. The molecular formula is C20H24F3N3O3. The summed E-state index contributed by atoms with van der Waals surface area (Å²) >= 11 is 0. The van der Waals surface area contributed by atoms with Crippen LogP contribution in [0, 0.1) is 5.92 Å². The van der Waals surface area contributed by atoms with E-state index in [1.807, 2.05) is 0 Å². The van der Waals surface area contributed by atoms with Gasteiger partial charge in [-0.15, -0.1) is 13.2 Å². The van der Waals surface area contributed by atoms with Crippen molar-refractivity contribution in [3.05, 3.63) is 30.2 Å². The van der Waals surface area contributed by atoms with E-state index in [4.69, 9.17) is 4.52 Å². The third-order valence-electron chi connectivity index (χ3n) is 5.67. The van der Waals surface area contributed by atoms with Crippen molar-refractivity contribution >= 4 is 0 Å². The van der Waals surface area contributed by atoms with Crippen molar-refractivity contribution in [2.45, 2.75) is 57.0 Å². The average molecular weight is 411 g/mol. The summed E-state index contributed by atoms with van der Waals surface area (Å²) in [6, 6.07) is 5.21. The third-order valence-corrected chi connectivity index (χ3v) is 5.67. The average Bonchev–Trinajstić information content (AvgIpc) is 3.29. The van der Waals surface area contributed by atoms with Crippen LogP contribution in [-0.2, 0) is 0 Å². The molecule has 0 spiro atoms. The van der Waals surface area contributed by atoms with Crippen LogP contribution in [0.5, 0.6) is 5.75 Å². The van der Waals surface area contributed by atoms with Gasteiger partial charge < -0.3 is 14.4 Å². The zero-order valence-electron chi connectivity index (χ0n) is 15.9. The van der Waals surface area contributed by atoms with E-state index >= 15 is 0 Å². The molecule has 6 nitrogen and oxygen atoms in total. The van der Waals surface area contributed by atoms with Gasteiger partial charge >= 0.3 is 6.36 Å². The van der Waals surface area contributed by atoms with Crippen molar-refractivity contribution in [2.75, 3.05) is 13.1 Å². The van der Waals surface area contributed by atoms with Crippen LogP contribution < -0.4 is 4.74 Å². The lowest BCUT2D eigenvalue weighted by atomic mass is 9.89. The number of ether oxygens (including phenoxy) is 1. The number of nitrogens with zero attached hydrogens (tertiary/aromatic N) is 3. The Bertz CT molecular complexity index is 803. The number of alkyl halides is 3. The highest BCUT2D eigenvalue weighted by molar-refractivity contribution is 5.55. The highest BCUT2D eigenvalue weighted by Gasteiger charge is 2.37. The number of rotatable bonds is 5. The van der Waals surface area contributed by atoms with E-state index in [2.05, 4.69) is 19.8 Å². The summed E-state index contributed by atoms with van der Waals surface area (Å²) in [6.07, 6.45) is 1.59. The molecule has 2 fully saturated rings. The fourth-order valence-electron chi connectivity index (χ4n) is 4.33. The molecule has 1 N–H and O–H groups in total. The molecule has 2 heterocycles. The van der Waals surface area contributed by atoms with Gasteiger partial charge in [0.25, 0.3) is 0 Å². The minimum absolute atomic E-state index is 0.138. The predicted octanol–water partition coefficient (Wildman–Crippen LogP) is 4.32.